The van der Waals surface area contributed by atoms with E-state index in [9.17, 15) is 0 Å². The van der Waals surface area contributed by atoms with Crippen LogP contribution in [0, 0.1) is 12.8 Å². The Labute approximate surface area is 149 Å². The van der Waals surface area contributed by atoms with Gasteiger partial charge in [0.25, 0.3) is 0 Å². The summed E-state index contributed by atoms with van der Waals surface area (Å²) in [7, 11) is 3.27. The maximum atomic E-state index is 5.44. The van der Waals surface area contributed by atoms with Crippen LogP contribution >= 0.6 is 0 Å². The van der Waals surface area contributed by atoms with Gasteiger partial charge in [-0.3, -0.25) is 0 Å². The molecule has 0 unspecified atom stereocenters. The SMILES string of the molecule is COc1ccc(Nc2nc(C)cc(N3CCC(C)CC3)n2)c(OC)c1. The smallest absolute Gasteiger partial charge is 0.229 e. The summed E-state index contributed by atoms with van der Waals surface area (Å²) in [6, 6.07) is 7.68. The van der Waals surface area contributed by atoms with Crippen LogP contribution in [0.1, 0.15) is 25.5 Å². The Bertz CT molecular complexity index is 727. The highest BCUT2D eigenvalue weighted by Crippen LogP contribution is 2.31. The number of aromatic nitrogens is 2. The van der Waals surface area contributed by atoms with Gasteiger partial charge in [0.1, 0.15) is 17.3 Å². The fourth-order valence-electron chi connectivity index (χ4n) is 3.03. The lowest BCUT2D eigenvalue weighted by Crippen LogP contribution is -2.33. The van der Waals surface area contributed by atoms with Gasteiger partial charge in [0.05, 0.1) is 19.9 Å². The lowest BCUT2D eigenvalue weighted by atomic mass is 9.99. The van der Waals surface area contributed by atoms with E-state index in [2.05, 4.69) is 22.1 Å². The molecule has 1 aromatic heterocycles. The zero-order chi connectivity index (χ0) is 17.8. The van der Waals surface area contributed by atoms with E-state index < -0.39 is 0 Å². The van der Waals surface area contributed by atoms with Gasteiger partial charge in [0.2, 0.25) is 5.95 Å². The van der Waals surface area contributed by atoms with Gasteiger partial charge in [-0.25, -0.2) is 4.98 Å². The van der Waals surface area contributed by atoms with Gasteiger partial charge in [-0.05, 0) is 37.8 Å². The van der Waals surface area contributed by atoms with Gasteiger partial charge in [-0.1, -0.05) is 6.92 Å². The summed E-state index contributed by atoms with van der Waals surface area (Å²) in [6.45, 7) is 6.39. The van der Waals surface area contributed by atoms with E-state index in [0.717, 1.165) is 42.0 Å². The van der Waals surface area contributed by atoms with Crippen molar-refractivity contribution >= 4 is 17.5 Å². The van der Waals surface area contributed by atoms with E-state index >= 15 is 0 Å². The Morgan fingerprint density at radius 1 is 1.08 bits per heavy atom. The molecule has 2 aromatic rings. The Balaban J connectivity index is 1.83. The minimum Gasteiger partial charge on any atom is -0.497 e. The van der Waals surface area contributed by atoms with Gasteiger partial charge < -0.3 is 19.7 Å². The molecule has 0 aliphatic carbocycles. The van der Waals surface area contributed by atoms with E-state index in [4.69, 9.17) is 14.5 Å². The highest BCUT2D eigenvalue weighted by molar-refractivity contribution is 5.65. The second-order valence-corrected chi connectivity index (χ2v) is 6.55. The quantitative estimate of drug-likeness (QED) is 0.892. The molecule has 1 N–H and O–H groups in total. The van der Waals surface area contributed by atoms with Gasteiger partial charge in [-0.15, -0.1) is 0 Å². The lowest BCUT2D eigenvalue weighted by Gasteiger charge is -2.31. The first-order valence-electron chi connectivity index (χ1n) is 8.68. The second kappa shape index (κ2) is 7.59. The van der Waals surface area contributed by atoms with Crippen LogP contribution in [-0.4, -0.2) is 37.3 Å². The summed E-state index contributed by atoms with van der Waals surface area (Å²) in [5.41, 5.74) is 1.76. The van der Waals surface area contributed by atoms with Crippen LogP contribution in [0.3, 0.4) is 0 Å². The number of ether oxygens (including phenoxy) is 2. The Kier molecular flexibility index (Phi) is 5.26. The van der Waals surface area contributed by atoms with Crippen LogP contribution in [-0.2, 0) is 0 Å². The minimum absolute atomic E-state index is 0.581. The number of piperidine rings is 1. The number of methoxy groups -OCH3 is 2. The van der Waals surface area contributed by atoms with Gasteiger partial charge in [-0.2, -0.15) is 4.98 Å². The molecule has 0 spiro atoms. The molecule has 134 valence electrons. The van der Waals surface area contributed by atoms with E-state index in [0.29, 0.717) is 11.7 Å². The number of hydrogen-bond donors (Lipinski definition) is 1. The highest BCUT2D eigenvalue weighted by atomic mass is 16.5. The number of nitrogens with zero attached hydrogens (tertiary/aromatic N) is 3. The molecule has 0 atom stereocenters. The normalized spacial score (nSPS) is 15.1. The van der Waals surface area contributed by atoms with Crippen molar-refractivity contribution in [2.45, 2.75) is 26.7 Å². The summed E-state index contributed by atoms with van der Waals surface area (Å²) >= 11 is 0. The first kappa shape index (κ1) is 17.3. The fraction of sp³-hybridized carbons (Fsp3) is 0.474. The molecule has 1 aliphatic heterocycles. The van der Waals surface area contributed by atoms with Crippen molar-refractivity contribution in [1.29, 1.82) is 0 Å². The van der Waals surface area contributed by atoms with Gasteiger partial charge in [0.15, 0.2) is 0 Å². The van der Waals surface area contributed by atoms with Crippen LogP contribution in [0.2, 0.25) is 0 Å². The summed E-state index contributed by atoms with van der Waals surface area (Å²) in [5, 5.41) is 3.27. The minimum atomic E-state index is 0.581. The molecule has 6 nitrogen and oxygen atoms in total. The first-order chi connectivity index (χ1) is 12.1. The molecule has 6 heteroatoms. The van der Waals surface area contributed by atoms with Crippen molar-refractivity contribution in [2.75, 3.05) is 37.5 Å². The standard InChI is InChI=1S/C19H26N4O2/c1-13-7-9-23(10-8-13)18-11-14(2)20-19(22-18)21-16-6-5-15(24-3)12-17(16)25-4/h5-6,11-13H,7-10H2,1-4H3,(H,20,21,22). The van der Waals surface area contributed by atoms with E-state index in [-0.39, 0.29) is 0 Å². The molecular formula is C19H26N4O2. The van der Waals surface area contributed by atoms with E-state index in [1.807, 2.05) is 31.2 Å². The zero-order valence-corrected chi connectivity index (χ0v) is 15.4. The molecular weight excluding hydrogens is 316 g/mol. The number of hydrogen-bond acceptors (Lipinski definition) is 6. The van der Waals surface area contributed by atoms with Crippen LogP contribution in [0.25, 0.3) is 0 Å². The zero-order valence-electron chi connectivity index (χ0n) is 15.4. The number of anilines is 3. The van der Waals surface area contributed by atoms with Gasteiger partial charge >= 0.3 is 0 Å². The maximum absolute atomic E-state index is 5.44. The van der Waals surface area contributed by atoms with Crippen LogP contribution < -0.4 is 19.7 Å². The third-order valence-electron chi connectivity index (χ3n) is 4.60. The van der Waals surface area contributed by atoms with Crippen molar-refractivity contribution < 1.29 is 9.47 Å². The van der Waals surface area contributed by atoms with Crippen LogP contribution in [0.15, 0.2) is 24.3 Å². The molecule has 1 saturated heterocycles. The Morgan fingerprint density at radius 2 is 1.84 bits per heavy atom. The van der Waals surface area contributed by atoms with Crippen molar-refractivity contribution in [3.8, 4) is 11.5 Å². The molecule has 25 heavy (non-hydrogen) atoms. The van der Waals surface area contributed by atoms with Crippen molar-refractivity contribution in [1.82, 2.24) is 9.97 Å². The molecule has 0 amide bonds. The fourth-order valence-corrected chi connectivity index (χ4v) is 3.03. The predicted octanol–water partition coefficient (Wildman–Crippen LogP) is 3.78. The molecule has 1 aromatic carbocycles. The monoisotopic (exact) mass is 342 g/mol. The average Bonchev–Trinajstić information content (AvgIpc) is 2.62. The predicted molar refractivity (Wildman–Crippen MR) is 100 cm³/mol. The van der Waals surface area contributed by atoms with Crippen molar-refractivity contribution in [3.63, 3.8) is 0 Å². The molecule has 1 fully saturated rings. The molecule has 2 heterocycles. The Morgan fingerprint density at radius 3 is 2.52 bits per heavy atom. The number of aryl methyl sites for hydroxylation is 1. The first-order valence-corrected chi connectivity index (χ1v) is 8.68. The maximum Gasteiger partial charge on any atom is 0.229 e. The average molecular weight is 342 g/mol. The molecule has 1 aliphatic rings. The number of benzene rings is 1. The third-order valence-corrected chi connectivity index (χ3v) is 4.60. The summed E-state index contributed by atoms with van der Waals surface area (Å²) in [6.07, 6.45) is 2.41. The topological polar surface area (TPSA) is 59.5 Å². The molecule has 0 radical (unpaired) electrons. The number of nitrogens with one attached hydrogen (secondary N) is 1. The summed E-state index contributed by atoms with van der Waals surface area (Å²) in [4.78, 5) is 11.6. The van der Waals surface area contributed by atoms with Crippen molar-refractivity contribution in [3.05, 3.63) is 30.0 Å². The third kappa shape index (κ3) is 4.13. The van der Waals surface area contributed by atoms with Crippen LogP contribution in [0.5, 0.6) is 11.5 Å². The second-order valence-electron chi connectivity index (χ2n) is 6.55. The largest absolute Gasteiger partial charge is 0.497 e. The van der Waals surface area contributed by atoms with Crippen molar-refractivity contribution in [2.24, 2.45) is 5.92 Å². The Hall–Kier alpha value is -2.50. The lowest BCUT2D eigenvalue weighted by molar-refractivity contribution is 0.395. The van der Waals surface area contributed by atoms with E-state index in [1.54, 1.807) is 14.2 Å². The molecule has 0 saturated carbocycles. The highest BCUT2D eigenvalue weighted by Gasteiger charge is 2.18. The van der Waals surface area contributed by atoms with Gasteiger partial charge in [0, 0.05) is 30.9 Å². The summed E-state index contributed by atoms with van der Waals surface area (Å²) in [5.74, 6) is 3.79. The van der Waals surface area contributed by atoms with Crippen LogP contribution in [0.4, 0.5) is 17.5 Å². The summed E-state index contributed by atoms with van der Waals surface area (Å²) < 4.78 is 10.7. The van der Waals surface area contributed by atoms with E-state index in [1.165, 1.54) is 12.8 Å². The molecule has 0 bridgehead atoms. The number of rotatable bonds is 5. The molecule has 3 rings (SSSR count).